The zero-order valence-electron chi connectivity index (χ0n) is 7.26. The highest BCUT2D eigenvalue weighted by atomic mass is 15.1. The van der Waals surface area contributed by atoms with E-state index in [9.17, 15) is 0 Å². The highest BCUT2D eigenvalue weighted by Crippen LogP contribution is 2.31. The Morgan fingerprint density at radius 3 is 3.00 bits per heavy atom. The fourth-order valence-electron chi connectivity index (χ4n) is 1.68. The van der Waals surface area contributed by atoms with Crippen molar-refractivity contribution in [2.24, 2.45) is 0 Å². The lowest BCUT2D eigenvalue weighted by molar-refractivity contribution is 0.838. The molecule has 64 valence electrons. The van der Waals surface area contributed by atoms with Crippen molar-refractivity contribution in [3.05, 3.63) is 11.3 Å². The lowest BCUT2D eigenvalue weighted by atomic mass is 10.0. The molecule has 12 heavy (non-hydrogen) atoms. The van der Waals surface area contributed by atoms with Crippen LogP contribution in [0.15, 0.2) is 0 Å². The van der Waals surface area contributed by atoms with Crippen molar-refractivity contribution in [3.8, 4) is 0 Å². The molecule has 0 amide bonds. The zero-order valence-corrected chi connectivity index (χ0v) is 7.26. The Kier molecular flexibility index (Phi) is 1.43. The SMILES string of the molecule is Cc1nc(N)nc2c1C(C)CN2. The van der Waals surface area contributed by atoms with Gasteiger partial charge in [-0.15, -0.1) is 0 Å². The third-order valence-electron chi connectivity index (χ3n) is 2.22. The highest BCUT2D eigenvalue weighted by molar-refractivity contribution is 5.55. The minimum atomic E-state index is 0.354. The van der Waals surface area contributed by atoms with E-state index in [1.165, 1.54) is 5.56 Å². The number of fused-ring (bicyclic) bond motifs is 1. The van der Waals surface area contributed by atoms with Crippen LogP contribution in [0.1, 0.15) is 24.1 Å². The largest absolute Gasteiger partial charge is 0.369 e. The van der Waals surface area contributed by atoms with Crippen LogP contribution in [0.25, 0.3) is 0 Å². The summed E-state index contributed by atoms with van der Waals surface area (Å²) in [5.74, 6) is 1.76. The van der Waals surface area contributed by atoms with Crippen LogP contribution in [-0.2, 0) is 0 Å². The number of nitrogen functional groups attached to an aromatic ring is 1. The fraction of sp³-hybridized carbons (Fsp3) is 0.500. The monoisotopic (exact) mass is 164 g/mol. The van der Waals surface area contributed by atoms with Crippen molar-refractivity contribution >= 4 is 11.8 Å². The maximum absolute atomic E-state index is 5.51. The van der Waals surface area contributed by atoms with E-state index in [1.807, 2.05) is 6.92 Å². The summed E-state index contributed by atoms with van der Waals surface area (Å²) < 4.78 is 0. The van der Waals surface area contributed by atoms with Gasteiger partial charge in [-0.25, -0.2) is 4.98 Å². The van der Waals surface area contributed by atoms with Crippen molar-refractivity contribution < 1.29 is 0 Å². The number of nitrogens with zero attached hydrogens (tertiary/aromatic N) is 2. The van der Waals surface area contributed by atoms with Crippen LogP contribution in [0, 0.1) is 6.92 Å². The Balaban J connectivity index is 2.60. The van der Waals surface area contributed by atoms with Crippen molar-refractivity contribution in [2.75, 3.05) is 17.6 Å². The van der Waals surface area contributed by atoms with E-state index in [0.717, 1.165) is 18.1 Å². The quantitative estimate of drug-likeness (QED) is 0.598. The topological polar surface area (TPSA) is 63.8 Å². The average molecular weight is 164 g/mol. The van der Waals surface area contributed by atoms with E-state index in [2.05, 4.69) is 22.2 Å². The second-order valence-corrected chi connectivity index (χ2v) is 3.21. The molecule has 3 N–H and O–H groups in total. The Morgan fingerprint density at radius 1 is 1.50 bits per heavy atom. The Hall–Kier alpha value is -1.32. The number of aryl methyl sites for hydroxylation is 1. The Morgan fingerprint density at radius 2 is 2.25 bits per heavy atom. The van der Waals surface area contributed by atoms with Crippen LogP contribution >= 0.6 is 0 Å². The molecule has 2 heterocycles. The van der Waals surface area contributed by atoms with Crippen molar-refractivity contribution in [1.29, 1.82) is 0 Å². The van der Waals surface area contributed by atoms with Gasteiger partial charge in [0.2, 0.25) is 5.95 Å². The summed E-state index contributed by atoms with van der Waals surface area (Å²) in [5, 5.41) is 3.20. The van der Waals surface area contributed by atoms with Gasteiger partial charge in [-0.05, 0) is 6.92 Å². The first kappa shape index (κ1) is 7.34. The van der Waals surface area contributed by atoms with Gasteiger partial charge in [0.15, 0.2) is 0 Å². The minimum absolute atomic E-state index is 0.354. The lowest BCUT2D eigenvalue weighted by Gasteiger charge is -2.05. The third-order valence-corrected chi connectivity index (χ3v) is 2.22. The van der Waals surface area contributed by atoms with Crippen LogP contribution in [0.2, 0.25) is 0 Å². The van der Waals surface area contributed by atoms with Crippen LogP contribution in [0.5, 0.6) is 0 Å². The van der Waals surface area contributed by atoms with E-state index in [0.29, 0.717) is 11.9 Å². The molecule has 4 nitrogen and oxygen atoms in total. The normalized spacial score (nSPS) is 20.3. The van der Waals surface area contributed by atoms with Crippen molar-refractivity contribution in [1.82, 2.24) is 9.97 Å². The van der Waals surface area contributed by atoms with Crippen LogP contribution in [0.4, 0.5) is 11.8 Å². The van der Waals surface area contributed by atoms with E-state index < -0.39 is 0 Å². The zero-order chi connectivity index (χ0) is 8.72. The summed E-state index contributed by atoms with van der Waals surface area (Å²) in [7, 11) is 0. The molecule has 1 unspecified atom stereocenters. The summed E-state index contributed by atoms with van der Waals surface area (Å²) in [6, 6.07) is 0. The van der Waals surface area contributed by atoms with E-state index in [-0.39, 0.29) is 0 Å². The molecule has 0 bridgehead atoms. The predicted molar refractivity (Wildman–Crippen MR) is 48.1 cm³/mol. The van der Waals surface area contributed by atoms with E-state index in [4.69, 9.17) is 5.73 Å². The first-order chi connectivity index (χ1) is 5.68. The predicted octanol–water partition coefficient (Wildman–Crippen LogP) is 0.896. The number of nitrogens with two attached hydrogens (primary N) is 1. The Bertz CT molecular complexity index is 321. The summed E-state index contributed by atoms with van der Waals surface area (Å²) in [4.78, 5) is 8.24. The maximum atomic E-state index is 5.51. The molecule has 0 saturated heterocycles. The van der Waals surface area contributed by atoms with Crippen LogP contribution in [0.3, 0.4) is 0 Å². The molecule has 1 aromatic rings. The van der Waals surface area contributed by atoms with E-state index >= 15 is 0 Å². The van der Waals surface area contributed by atoms with Gasteiger partial charge in [-0.2, -0.15) is 4.98 Å². The molecule has 0 fully saturated rings. The fourth-order valence-corrected chi connectivity index (χ4v) is 1.68. The second kappa shape index (κ2) is 2.33. The van der Waals surface area contributed by atoms with Crippen LogP contribution in [-0.4, -0.2) is 16.5 Å². The molecule has 0 aliphatic carbocycles. The molecular weight excluding hydrogens is 152 g/mol. The summed E-state index contributed by atoms with van der Waals surface area (Å²) in [6.07, 6.45) is 0. The molecule has 1 atom stereocenters. The molecule has 2 rings (SSSR count). The van der Waals surface area contributed by atoms with Gasteiger partial charge in [0.25, 0.3) is 0 Å². The second-order valence-electron chi connectivity index (χ2n) is 3.21. The van der Waals surface area contributed by atoms with Gasteiger partial charge in [0.05, 0.1) is 0 Å². The molecule has 1 aromatic heterocycles. The van der Waals surface area contributed by atoms with Gasteiger partial charge in [-0.3, -0.25) is 0 Å². The first-order valence-electron chi connectivity index (χ1n) is 4.06. The van der Waals surface area contributed by atoms with Crippen LogP contribution < -0.4 is 11.1 Å². The van der Waals surface area contributed by atoms with Gasteiger partial charge in [-0.1, -0.05) is 6.92 Å². The van der Waals surface area contributed by atoms with Gasteiger partial charge in [0.1, 0.15) is 5.82 Å². The molecule has 0 aromatic carbocycles. The van der Waals surface area contributed by atoms with Crippen molar-refractivity contribution in [3.63, 3.8) is 0 Å². The molecule has 4 heteroatoms. The smallest absolute Gasteiger partial charge is 0.222 e. The number of aromatic nitrogens is 2. The average Bonchev–Trinajstić information content (AvgIpc) is 2.31. The minimum Gasteiger partial charge on any atom is -0.369 e. The Labute approximate surface area is 71.2 Å². The van der Waals surface area contributed by atoms with Gasteiger partial charge in [0, 0.05) is 23.7 Å². The molecular formula is C8H12N4. The summed E-state index contributed by atoms with van der Waals surface area (Å²) in [6.45, 7) is 5.07. The number of hydrogen-bond acceptors (Lipinski definition) is 4. The number of nitrogens with one attached hydrogen (secondary N) is 1. The maximum Gasteiger partial charge on any atom is 0.222 e. The summed E-state index contributed by atoms with van der Waals surface area (Å²) in [5.41, 5.74) is 7.72. The molecule has 0 saturated carbocycles. The molecule has 0 radical (unpaired) electrons. The van der Waals surface area contributed by atoms with E-state index in [1.54, 1.807) is 0 Å². The number of rotatable bonds is 0. The third kappa shape index (κ3) is 0.913. The molecule has 1 aliphatic rings. The first-order valence-corrected chi connectivity index (χ1v) is 4.06. The van der Waals surface area contributed by atoms with Crippen molar-refractivity contribution in [2.45, 2.75) is 19.8 Å². The standard InChI is InChI=1S/C8H12N4/c1-4-3-10-7-6(4)5(2)11-8(9)12-7/h4H,3H2,1-2H3,(H3,9,10,11,12). The molecule has 1 aliphatic heterocycles. The van der Waals surface area contributed by atoms with Gasteiger partial charge >= 0.3 is 0 Å². The summed E-state index contributed by atoms with van der Waals surface area (Å²) >= 11 is 0. The number of anilines is 2. The molecule has 0 spiro atoms. The lowest BCUT2D eigenvalue weighted by Crippen LogP contribution is -2.01. The van der Waals surface area contributed by atoms with Gasteiger partial charge < -0.3 is 11.1 Å². The highest BCUT2D eigenvalue weighted by Gasteiger charge is 2.22. The number of hydrogen-bond donors (Lipinski definition) is 2.